The van der Waals surface area contributed by atoms with E-state index in [1.807, 2.05) is 0 Å². The zero-order chi connectivity index (χ0) is 21.6. The number of carbonyl (C=O) groups is 3. The van der Waals surface area contributed by atoms with Crippen LogP contribution >= 0.6 is 0 Å². The zero-order valence-electron chi connectivity index (χ0n) is 16.8. The summed E-state index contributed by atoms with van der Waals surface area (Å²) in [4.78, 5) is 37.3. The van der Waals surface area contributed by atoms with Crippen LogP contribution in [0.4, 0.5) is 4.39 Å². The van der Waals surface area contributed by atoms with E-state index in [9.17, 15) is 29.7 Å². The quantitative estimate of drug-likeness (QED) is 0.633. The van der Waals surface area contributed by atoms with Gasteiger partial charge in [-0.3, -0.25) is 14.4 Å². The molecule has 3 fully saturated rings. The van der Waals surface area contributed by atoms with E-state index in [2.05, 4.69) is 0 Å². The number of halogens is 1. The Morgan fingerprint density at radius 3 is 2.55 bits per heavy atom. The molecule has 6 nitrogen and oxygen atoms in total. The van der Waals surface area contributed by atoms with E-state index >= 15 is 4.39 Å². The van der Waals surface area contributed by atoms with E-state index in [0.29, 0.717) is 6.42 Å². The number of aliphatic hydroxyl groups is 3. The second-order valence-electron chi connectivity index (χ2n) is 9.73. The normalized spacial score (nSPS) is 51.2. The molecule has 0 amide bonds. The number of ketones is 3. The molecular formula is C22H27FO6. The third-order valence-electron chi connectivity index (χ3n) is 8.63. The Morgan fingerprint density at radius 2 is 1.93 bits per heavy atom. The molecule has 0 aromatic carbocycles. The maximum absolute atomic E-state index is 16.9. The van der Waals surface area contributed by atoms with Crippen LogP contribution < -0.4 is 0 Å². The summed E-state index contributed by atoms with van der Waals surface area (Å²) in [6.45, 7) is 4.01. The smallest absolute Gasteiger partial charge is 0.190 e. The Kier molecular flexibility index (Phi) is 4.20. The molecule has 4 aliphatic rings. The molecule has 29 heavy (non-hydrogen) atoms. The van der Waals surface area contributed by atoms with Crippen molar-refractivity contribution in [1.29, 1.82) is 0 Å². The number of Topliss-reactive ketones (excluding diaryl/α,β-unsaturated/α-hetero) is 2. The van der Waals surface area contributed by atoms with Crippen LogP contribution in [0.3, 0.4) is 0 Å². The first-order valence-electron chi connectivity index (χ1n) is 10.1. The Balaban J connectivity index is 1.88. The molecule has 8 atom stereocenters. The van der Waals surface area contributed by atoms with Crippen molar-refractivity contribution in [2.24, 2.45) is 28.6 Å². The SMILES string of the molecule is CC1C[C@H]2[C@@H]3CC(=O)C4=CC(=O)C=C[C@]4(C)[C@@]3(F)C(O)C[C@]2(C)[C@@]1(O)C(=O)CO. The zero-order valence-corrected chi connectivity index (χ0v) is 16.8. The van der Waals surface area contributed by atoms with Gasteiger partial charge in [-0.15, -0.1) is 0 Å². The van der Waals surface area contributed by atoms with Gasteiger partial charge in [-0.2, -0.15) is 0 Å². The molecule has 4 rings (SSSR count). The summed E-state index contributed by atoms with van der Waals surface area (Å²) < 4.78 is 16.9. The summed E-state index contributed by atoms with van der Waals surface area (Å²) in [6, 6.07) is 0. The van der Waals surface area contributed by atoms with E-state index < -0.39 is 58.3 Å². The monoisotopic (exact) mass is 406 g/mol. The van der Waals surface area contributed by atoms with Crippen molar-refractivity contribution in [3.05, 3.63) is 23.8 Å². The number of rotatable bonds is 2. The van der Waals surface area contributed by atoms with Gasteiger partial charge in [0.25, 0.3) is 0 Å². The first kappa shape index (κ1) is 20.6. The molecule has 2 unspecified atom stereocenters. The van der Waals surface area contributed by atoms with Crippen LogP contribution in [0.15, 0.2) is 23.8 Å². The van der Waals surface area contributed by atoms with Crippen LogP contribution in [-0.4, -0.2) is 56.6 Å². The van der Waals surface area contributed by atoms with E-state index in [1.165, 1.54) is 19.1 Å². The maximum atomic E-state index is 16.9. The number of hydrogen-bond acceptors (Lipinski definition) is 6. The minimum Gasteiger partial charge on any atom is -0.390 e. The number of fused-ring (bicyclic) bond motifs is 5. The van der Waals surface area contributed by atoms with E-state index in [-0.39, 0.29) is 30.0 Å². The molecule has 3 saturated carbocycles. The van der Waals surface area contributed by atoms with Crippen molar-refractivity contribution in [2.45, 2.75) is 57.4 Å². The molecule has 0 bridgehead atoms. The molecule has 0 heterocycles. The third kappa shape index (κ3) is 2.13. The minimum absolute atomic E-state index is 0.0687. The second-order valence-corrected chi connectivity index (χ2v) is 9.73. The minimum atomic E-state index is -2.22. The van der Waals surface area contributed by atoms with Crippen LogP contribution in [0.1, 0.15) is 40.0 Å². The molecular weight excluding hydrogens is 379 g/mol. The molecule has 0 saturated heterocycles. The second kappa shape index (κ2) is 5.93. The predicted octanol–water partition coefficient (Wildman–Crippen LogP) is 1.07. The Labute approximate surface area is 168 Å². The van der Waals surface area contributed by atoms with E-state index in [0.717, 1.165) is 6.08 Å². The highest BCUT2D eigenvalue weighted by Gasteiger charge is 2.76. The first-order chi connectivity index (χ1) is 13.4. The lowest BCUT2D eigenvalue weighted by atomic mass is 9.44. The largest absolute Gasteiger partial charge is 0.390 e. The highest BCUT2D eigenvalue weighted by molar-refractivity contribution is 6.10. The van der Waals surface area contributed by atoms with Gasteiger partial charge in [0.2, 0.25) is 0 Å². The summed E-state index contributed by atoms with van der Waals surface area (Å²) in [6.07, 6.45) is 2.11. The number of carbonyl (C=O) groups excluding carboxylic acids is 3. The highest BCUT2D eigenvalue weighted by Crippen LogP contribution is 2.70. The molecule has 4 aliphatic carbocycles. The lowest BCUT2D eigenvalue weighted by Crippen LogP contribution is -2.70. The van der Waals surface area contributed by atoms with Crippen molar-refractivity contribution in [3.8, 4) is 0 Å². The van der Waals surface area contributed by atoms with Crippen LogP contribution in [0.5, 0.6) is 0 Å². The van der Waals surface area contributed by atoms with Gasteiger partial charge in [-0.25, -0.2) is 4.39 Å². The van der Waals surface area contributed by atoms with Crippen LogP contribution in [0, 0.1) is 28.6 Å². The van der Waals surface area contributed by atoms with Crippen LogP contribution in [0.2, 0.25) is 0 Å². The number of aliphatic hydroxyl groups excluding tert-OH is 2. The fraction of sp³-hybridized carbons (Fsp3) is 0.682. The average molecular weight is 406 g/mol. The van der Waals surface area contributed by atoms with E-state index in [1.54, 1.807) is 13.8 Å². The molecule has 3 N–H and O–H groups in total. The summed E-state index contributed by atoms with van der Waals surface area (Å²) in [7, 11) is 0. The molecule has 0 aliphatic heterocycles. The number of allylic oxidation sites excluding steroid dienone is 4. The Hall–Kier alpha value is -1.70. The van der Waals surface area contributed by atoms with Gasteiger partial charge in [-0.05, 0) is 43.8 Å². The Morgan fingerprint density at radius 1 is 1.28 bits per heavy atom. The third-order valence-corrected chi connectivity index (χ3v) is 8.63. The van der Waals surface area contributed by atoms with Gasteiger partial charge in [0.05, 0.1) is 11.5 Å². The Bertz CT molecular complexity index is 879. The average Bonchev–Trinajstić information content (AvgIpc) is 2.86. The van der Waals surface area contributed by atoms with Crippen LogP contribution in [-0.2, 0) is 14.4 Å². The fourth-order valence-electron chi connectivity index (χ4n) is 7.09. The maximum Gasteiger partial charge on any atom is 0.190 e. The summed E-state index contributed by atoms with van der Waals surface area (Å²) >= 11 is 0. The molecule has 0 spiro atoms. The lowest BCUT2D eigenvalue weighted by Gasteiger charge is -2.62. The predicted molar refractivity (Wildman–Crippen MR) is 100 cm³/mol. The van der Waals surface area contributed by atoms with E-state index in [4.69, 9.17) is 0 Å². The lowest BCUT2D eigenvalue weighted by molar-refractivity contribution is -0.218. The van der Waals surface area contributed by atoms with Gasteiger partial charge in [0.15, 0.2) is 23.0 Å². The summed E-state index contributed by atoms with van der Waals surface area (Å²) in [5.74, 6) is -3.51. The van der Waals surface area contributed by atoms with Crippen molar-refractivity contribution < 1.29 is 34.1 Å². The number of alkyl halides is 1. The van der Waals surface area contributed by atoms with Gasteiger partial charge in [-0.1, -0.05) is 19.9 Å². The molecule has 0 aromatic heterocycles. The summed E-state index contributed by atoms with van der Waals surface area (Å²) in [5.41, 5.74) is -6.71. The first-order valence-corrected chi connectivity index (χ1v) is 10.1. The highest BCUT2D eigenvalue weighted by atomic mass is 19.1. The van der Waals surface area contributed by atoms with Gasteiger partial charge in [0, 0.05) is 23.3 Å². The van der Waals surface area contributed by atoms with Crippen molar-refractivity contribution in [3.63, 3.8) is 0 Å². The molecule has 7 heteroatoms. The van der Waals surface area contributed by atoms with Crippen molar-refractivity contribution in [1.82, 2.24) is 0 Å². The van der Waals surface area contributed by atoms with Gasteiger partial charge < -0.3 is 15.3 Å². The molecule has 158 valence electrons. The van der Waals surface area contributed by atoms with Gasteiger partial charge >= 0.3 is 0 Å². The fourth-order valence-corrected chi connectivity index (χ4v) is 7.09. The topological polar surface area (TPSA) is 112 Å². The molecule has 0 radical (unpaired) electrons. The molecule has 0 aromatic rings. The summed E-state index contributed by atoms with van der Waals surface area (Å²) in [5, 5.41) is 31.9. The standard InChI is InChI=1S/C22H27FO6/c1-11-6-13-14-8-16(26)15-7-12(25)4-5-19(15,2)21(14,23)17(27)9-20(13,3)22(11,29)18(28)10-24/h4-5,7,11,13-14,17,24,27,29H,6,8-10H2,1-3H3/t11?,13-,14-,17?,19-,20-,21-,22-/m0/s1. The van der Waals surface area contributed by atoms with Crippen LogP contribution in [0.25, 0.3) is 0 Å². The van der Waals surface area contributed by atoms with Crippen molar-refractivity contribution in [2.75, 3.05) is 6.61 Å². The van der Waals surface area contributed by atoms with Crippen molar-refractivity contribution >= 4 is 17.3 Å². The number of hydrogen-bond donors (Lipinski definition) is 3. The van der Waals surface area contributed by atoms with Gasteiger partial charge in [0.1, 0.15) is 12.2 Å².